The van der Waals surface area contributed by atoms with Crippen molar-refractivity contribution in [2.24, 2.45) is 0 Å². The SMILES string of the molecule is CC(C)NCc1snnc1C(C)(C)C. The Morgan fingerprint density at radius 3 is 2.50 bits per heavy atom. The lowest BCUT2D eigenvalue weighted by atomic mass is 9.91. The van der Waals surface area contributed by atoms with Crippen LogP contribution in [0.25, 0.3) is 0 Å². The van der Waals surface area contributed by atoms with Gasteiger partial charge in [0.2, 0.25) is 0 Å². The first kappa shape index (κ1) is 11.6. The molecule has 0 aromatic carbocycles. The van der Waals surface area contributed by atoms with E-state index in [1.807, 2.05) is 0 Å². The minimum Gasteiger partial charge on any atom is -0.310 e. The molecule has 0 aliphatic heterocycles. The molecule has 0 aliphatic carbocycles. The van der Waals surface area contributed by atoms with Gasteiger partial charge >= 0.3 is 0 Å². The Morgan fingerprint density at radius 1 is 1.36 bits per heavy atom. The molecule has 1 aromatic heterocycles. The summed E-state index contributed by atoms with van der Waals surface area (Å²) in [6.07, 6.45) is 0. The third-order valence-electron chi connectivity index (χ3n) is 1.94. The highest BCUT2D eigenvalue weighted by Gasteiger charge is 2.21. The van der Waals surface area contributed by atoms with Crippen molar-refractivity contribution in [1.82, 2.24) is 14.9 Å². The fourth-order valence-electron chi connectivity index (χ4n) is 1.19. The maximum atomic E-state index is 4.19. The van der Waals surface area contributed by atoms with E-state index in [-0.39, 0.29) is 5.41 Å². The van der Waals surface area contributed by atoms with Crippen LogP contribution in [0.5, 0.6) is 0 Å². The molecule has 1 aromatic rings. The van der Waals surface area contributed by atoms with Gasteiger partial charge in [-0.15, -0.1) is 5.10 Å². The second kappa shape index (κ2) is 4.36. The number of nitrogens with one attached hydrogen (secondary N) is 1. The van der Waals surface area contributed by atoms with Gasteiger partial charge in [0.15, 0.2) is 0 Å². The van der Waals surface area contributed by atoms with Crippen LogP contribution in [-0.4, -0.2) is 15.6 Å². The maximum Gasteiger partial charge on any atom is 0.0854 e. The zero-order valence-electron chi connectivity index (χ0n) is 9.59. The summed E-state index contributed by atoms with van der Waals surface area (Å²) in [4.78, 5) is 1.26. The highest BCUT2D eigenvalue weighted by Crippen LogP contribution is 2.25. The number of rotatable bonds is 3. The molecule has 0 saturated carbocycles. The summed E-state index contributed by atoms with van der Waals surface area (Å²) in [5, 5.41) is 7.58. The Balaban J connectivity index is 2.73. The Bertz CT molecular complexity index is 286. The molecule has 0 unspecified atom stereocenters. The van der Waals surface area contributed by atoms with Crippen molar-refractivity contribution in [2.75, 3.05) is 0 Å². The van der Waals surface area contributed by atoms with E-state index in [0.29, 0.717) is 6.04 Å². The summed E-state index contributed by atoms with van der Waals surface area (Å²) in [7, 11) is 0. The number of hydrogen-bond donors (Lipinski definition) is 1. The maximum absolute atomic E-state index is 4.19. The molecule has 0 fully saturated rings. The average molecular weight is 213 g/mol. The van der Waals surface area contributed by atoms with Gasteiger partial charge in [-0.3, -0.25) is 0 Å². The predicted molar refractivity (Wildman–Crippen MR) is 60.6 cm³/mol. The van der Waals surface area contributed by atoms with E-state index in [1.165, 1.54) is 16.4 Å². The van der Waals surface area contributed by atoms with Gasteiger partial charge in [-0.1, -0.05) is 39.1 Å². The van der Waals surface area contributed by atoms with Gasteiger partial charge in [0, 0.05) is 18.0 Å². The van der Waals surface area contributed by atoms with Crippen molar-refractivity contribution < 1.29 is 0 Å². The molecule has 0 atom stereocenters. The molecular weight excluding hydrogens is 194 g/mol. The fourth-order valence-corrected chi connectivity index (χ4v) is 1.99. The van der Waals surface area contributed by atoms with Crippen molar-refractivity contribution in [1.29, 1.82) is 0 Å². The van der Waals surface area contributed by atoms with Crippen molar-refractivity contribution in [3.05, 3.63) is 10.6 Å². The molecule has 0 aliphatic rings. The van der Waals surface area contributed by atoms with E-state index >= 15 is 0 Å². The summed E-state index contributed by atoms with van der Waals surface area (Å²) < 4.78 is 4.02. The second-order valence-corrected chi connectivity index (χ2v) is 5.67. The van der Waals surface area contributed by atoms with Crippen LogP contribution in [0.2, 0.25) is 0 Å². The van der Waals surface area contributed by atoms with Crippen LogP contribution in [0.4, 0.5) is 0 Å². The molecule has 1 N–H and O–H groups in total. The predicted octanol–water partition coefficient (Wildman–Crippen LogP) is 2.33. The molecule has 3 nitrogen and oxygen atoms in total. The highest BCUT2D eigenvalue weighted by molar-refractivity contribution is 7.05. The lowest BCUT2D eigenvalue weighted by Gasteiger charge is -2.17. The summed E-state index contributed by atoms with van der Waals surface area (Å²) in [5.74, 6) is 0. The van der Waals surface area contributed by atoms with E-state index in [4.69, 9.17) is 0 Å². The van der Waals surface area contributed by atoms with Crippen LogP contribution in [0, 0.1) is 0 Å². The van der Waals surface area contributed by atoms with Crippen LogP contribution in [0.1, 0.15) is 45.2 Å². The molecule has 4 heteroatoms. The van der Waals surface area contributed by atoms with Crippen molar-refractivity contribution in [2.45, 2.75) is 52.6 Å². The van der Waals surface area contributed by atoms with Gasteiger partial charge in [-0.05, 0) is 11.5 Å². The molecule has 14 heavy (non-hydrogen) atoms. The third-order valence-corrected chi connectivity index (χ3v) is 2.66. The summed E-state index contributed by atoms with van der Waals surface area (Å²) >= 11 is 1.49. The standard InChI is InChI=1S/C10H19N3S/c1-7(2)11-6-8-9(10(3,4)5)12-13-14-8/h7,11H,6H2,1-5H3. The van der Waals surface area contributed by atoms with Gasteiger partial charge < -0.3 is 5.32 Å². The first-order chi connectivity index (χ1) is 6.41. The monoisotopic (exact) mass is 213 g/mol. The minimum atomic E-state index is 0.0982. The van der Waals surface area contributed by atoms with Crippen molar-refractivity contribution in [3.8, 4) is 0 Å². The Hall–Kier alpha value is -0.480. The van der Waals surface area contributed by atoms with Gasteiger partial charge in [0.05, 0.1) is 10.6 Å². The number of aromatic nitrogens is 2. The molecule has 0 bridgehead atoms. The van der Waals surface area contributed by atoms with Crippen LogP contribution < -0.4 is 5.32 Å². The molecule has 80 valence electrons. The first-order valence-corrected chi connectivity index (χ1v) is 5.73. The van der Waals surface area contributed by atoms with Gasteiger partial charge in [0.1, 0.15) is 0 Å². The quantitative estimate of drug-likeness (QED) is 0.837. The smallest absolute Gasteiger partial charge is 0.0854 e. The molecule has 1 rings (SSSR count). The summed E-state index contributed by atoms with van der Waals surface area (Å²) in [5.41, 5.74) is 1.22. The van der Waals surface area contributed by atoms with Gasteiger partial charge in [-0.2, -0.15) is 0 Å². The fraction of sp³-hybridized carbons (Fsp3) is 0.800. The van der Waals surface area contributed by atoms with Gasteiger partial charge in [0.25, 0.3) is 0 Å². The van der Waals surface area contributed by atoms with Gasteiger partial charge in [-0.25, -0.2) is 0 Å². The lowest BCUT2D eigenvalue weighted by Crippen LogP contribution is -2.23. The van der Waals surface area contributed by atoms with E-state index in [1.54, 1.807) is 0 Å². The van der Waals surface area contributed by atoms with E-state index < -0.39 is 0 Å². The molecule has 1 heterocycles. The highest BCUT2D eigenvalue weighted by atomic mass is 32.1. The van der Waals surface area contributed by atoms with Crippen LogP contribution >= 0.6 is 11.5 Å². The lowest BCUT2D eigenvalue weighted by molar-refractivity contribution is 0.542. The van der Waals surface area contributed by atoms with Crippen LogP contribution in [-0.2, 0) is 12.0 Å². The first-order valence-electron chi connectivity index (χ1n) is 4.96. The van der Waals surface area contributed by atoms with Crippen LogP contribution in [0.3, 0.4) is 0 Å². The largest absolute Gasteiger partial charge is 0.310 e. The van der Waals surface area contributed by atoms with E-state index in [2.05, 4.69) is 49.5 Å². The topological polar surface area (TPSA) is 37.8 Å². The third kappa shape index (κ3) is 3.03. The number of nitrogens with zero attached hydrogens (tertiary/aromatic N) is 2. The Labute approximate surface area is 90.1 Å². The average Bonchev–Trinajstić information content (AvgIpc) is 2.46. The Morgan fingerprint density at radius 2 is 2.00 bits per heavy atom. The zero-order valence-corrected chi connectivity index (χ0v) is 10.4. The summed E-state index contributed by atoms with van der Waals surface area (Å²) in [6, 6.07) is 0.505. The Kier molecular flexibility index (Phi) is 3.61. The molecule has 0 radical (unpaired) electrons. The van der Waals surface area contributed by atoms with Crippen molar-refractivity contribution >= 4 is 11.5 Å². The second-order valence-electron chi connectivity index (χ2n) is 4.83. The number of hydrogen-bond acceptors (Lipinski definition) is 4. The van der Waals surface area contributed by atoms with E-state index in [9.17, 15) is 0 Å². The molecule has 0 spiro atoms. The van der Waals surface area contributed by atoms with Crippen LogP contribution in [0.15, 0.2) is 0 Å². The minimum absolute atomic E-state index is 0.0982. The summed E-state index contributed by atoms with van der Waals surface area (Å²) in [6.45, 7) is 11.7. The molecular formula is C10H19N3S. The van der Waals surface area contributed by atoms with E-state index in [0.717, 1.165) is 12.2 Å². The normalized spacial score (nSPS) is 12.4. The molecule has 0 saturated heterocycles. The van der Waals surface area contributed by atoms with Crippen molar-refractivity contribution in [3.63, 3.8) is 0 Å². The zero-order chi connectivity index (χ0) is 10.8. The molecule has 0 amide bonds.